The molecule has 4 atom stereocenters. The van der Waals surface area contributed by atoms with Crippen LogP contribution in [-0.2, 0) is 9.59 Å². The van der Waals surface area contributed by atoms with Crippen molar-refractivity contribution in [3.8, 4) is 17.6 Å². The predicted octanol–water partition coefficient (Wildman–Crippen LogP) is 4.68. The Hall–Kier alpha value is -3.28. The van der Waals surface area contributed by atoms with E-state index in [0.29, 0.717) is 38.1 Å². The van der Waals surface area contributed by atoms with Gasteiger partial charge in [0.1, 0.15) is 17.6 Å². The number of carboxylic acid groups (broad SMARTS) is 1. The largest absolute Gasteiger partial charge is 0.496 e. The lowest BCUT2D eigenvalue weighted by Crippen LogP contribution is -2.50. The van der Waals surface area contributed by atoms with Crippen LogP contribution in [0, 0.1) is 40.4 Å². The third kappa shape index (κ3) is 6.06. The van der Waals surface area contributed by atoms with Gasteiger partial charge in [0.05, 0.1) is 35.7 Å². The van der Waals surface area contributed by atoms with Gasteiger partial charge in [-0.25, -0.2) is 0 Å². The quantitative estimate of drug-likeness (QED) is 0.362. The van der Waals surface area contributed by atoms with E-state index in [9.17, 15) is 24.8 Å². The molecule has 0 aliphatic heterocycles. The number of carboxylic acids is 1. The zero-order valence-corrected chi connectivity index (χ0v) is 24.1. The standard InChI is InChI=1S/C31H43N3O6/c1-5-18(6-2)17-33-29(36)26-19-7-8-20(13-19)27(26)34-28(35)23-15-24(21(16-32)14-25(23)39-4)40-22-9-11-31(3,12-10-22)30(37)38/h14-15,18-20,22,26-27H,5-13,17H2,1-4H3,(H,33,36)(H,34,35)(H,37,38)/t19-,20+,22?,26+,27-,31?/m1/s1. The summed E-state index contributed by atoms with van der Waals surface area (Å²) in [5, 5.41) is 25.6. The molecule has 3 aliphatic rings. The number of methoxy groups -OCH3 is 1. The van der Waals surface area contributed by atoms with Crippen molar-refractivity contribution in [2.75, 3.05) is 13.7 Å². The van der Waals surface area contributed by atoms with Gasteiger partial charge in [0.15, 0.2) is 0 Å². The molecule has 40 heavy (non-hydrogen) atoms. The summed E-state index contributed by atoms with van der Waals surface area (Å²) in [5.74, 6) is 0.100. The number of benzene rings is 1. The molecular weight excluding hydrogens is 510 g/mol. The Balaban J connectivity index is 1.50. The maximum atomic E-state index is 13.7. The van der Waals surface area contributed by atoms with Crippen molar-refractivity contribution in [1.29, 1.82) is 5.26 Å². The molecule has 1 aromatic rings. The van der Waals surface area contributed by atoms with E-state index in [1.807, 2.05) is 0 Å². The molecule has 3 fully saturated rings. The summed E-state index contributed by atoms with van der Waals surface area (Å²) in [6.45, 7) is 6.66. The molecule has 3 aliphatic carbocycles. The molecule has 9 heteroatoms. The zero-order valence-electron chi connectivity index (χ0n) is 24.1. The van der Waals surface area contributed by atoms with Gasteiger partial charge in [-0.2, -0.15) is 5.26 Å². The predicted molar refractivity (Wildman–Crippen MR) is 149 cm³/mol. The molecule has 2 bridgehead atoms. The third-order valence-corrected chi connectivity index (χ3v) is 9.75. The normalized spacial score (nSPS) is 29.1. The fourth-order valence-electron chi connectivity index (χ4n) is 6.88. The number of fused-ring (bicyclic) bond motifs is 2. The summed E-state index contributed by atoms with van der Waals surface area (Å²) in [6, 6.07) is 4.92. The first-order valence-corrected chi connectivity index (χ1v) is 14.7. The number of carbonyl (C=O) groups excluding carboxylic acids is 2. The van der Waals surface area contributed by atoms with Gasteiger partial charge in [-0.05, 0) is 75.7 Å². The molecule has 3 N–H and O–H groups in total. The highest BCUT2D eigenvalue weighted by Gasteiger charge is 2.51. The lowest BCUT2D eigenvalue weighted by atomic mass is 9.75. The number of hydrogen-bond acceptors (Lipinski definition) is 6. The Morgan fingerprint density at radius 2 is 1.77 bits per heavy atom. The molecule has 0 heterocycles. The second kappa shape index (κ2) is 12.5. The van der Waals surface area contributed by atoms with Crippen molar-refractivity contribution in [3.63, 3.8) is 0 Å². The van der Waals surface area contributed by atoms with Gasteiger partial charge >= 0.3 is 5.97 Å². The Morgan fingerprint density at radius 3 is 2.38 bits per heavy atom. The van der Waals surface area contributed by atoms with E-state index in [-0.39, 0.29) is 64.3 Å². The van der Waals surface area contributed by atoms with Crippen LogP contribution in [0.3, 0.4) is 0 Å². The highest BCUT2D eigenvalue weighted by Crippen LogP contribution is 2.49. The van der Waals surface area contributed by atoms with Crippen LogP contribution in [0.1, 0.15) is 94.5 Å². The smallest absolute Gasteiger partial charge is 0.309 e. The SMILES string of the molecule is CCC(CC)CNC(=O)[C@H]1[C@@H]2CC[C@@H](C2)[C@H]1NC(=O)c1cc(OC2CCC(C)(C(=O)O)CC2)c(C#N)cc1OC. The van der Waals surface area contributed by atoms with Crippen LogP contribution < -0.4 is 20.1 Å². The number of rotatable bonds is 11. The van der Waals surface area contributed by atoms with Gasteiger partial charge in [0, 0.05) is 18.7 Å². The van der Waals surface area contributed by atoms with Gasteiger partial charge in [-0.3, -0.25) is 14.4 Å². The molecule has 1 aromatic carbocycles. The van der Waals surface area contributed by atoms with Crippen LogP contribution in [0.5, 0.6) is 11.5 Å². The second-order valence-corrected chi connectivity index (χ2v) is 12.1. The Bertz CT molecular complexity index is 1150. The maximum Gasteiger partial charge on any atom is 0.309 e. The lowest BCUT2D eigenvalue weighted by Gasteiger charge is -2.34. The number of nitrogens with one attached hydrogen (secondary N) is 2. The first-order valence-electron chi connectivity index (χ1n) is 14.7. The highest BCUT2D eigenvalue weighted by molar-refractivity contribution is 5.98. The number of aliphatic carboxylic acids is 1. The third-order valence-electron chi connectivity index (χ3n) is 9.75. The summed E-state index contributed by atoms with van der Waals surface area (Å²) in [7, 11) is 1.45. The lowest BCUT2D eigenvalue weighted by molar-refractivity contribution is -0.150. The van der Waals surface area contributed by atoms with E-state index >= 15 is 0 Å². The average Bonchev–Trinajstić information content (AvgIpc) is 3.56. The molecular formula is C31H43N3O6. The minimum Gasteiger partial charge on any atom is -0.496 e. The van der Waals surface area contributed by atoms with E-state index in [0.717, 1.165) is 32.1 Å². The van der Waals surface area contributed by atoms with Gasteiger partial charge in [-0.1, -0.05) is 26.7 Å². The summed E-state index contributed by atoms with van der Waals surface area (Å²) in [4.78, 5) is 38.6. The van der Waals surface area contributed by atoms with Crippen molar-refractivity contribution >= 4 is 17.8 Å². The molecule has 0 saturated heterocycles. The van der Waals surface area contributed by atoms with Gasteiger partial charge in [-0.15, -0.1) is 0 Å². The highest BCUT2D eigenvalue weighted by atomic mass is 16.5. The Labute approximate surface area is 237 Å². The van der Waals surface area contributed by atoms with Crippen molar-refractivity contribution in [2.45, 2.75) is 90.7 Å². The number of carbonyl (C=O) groups is 3. The monoisotopic (exact) mass is 553 g/mol. The van der Waals surface area contributed by atoms with E-state index in [4.69, 9.17) is 9.47 Å². The van der Waals surface area contributed by atoms with E-state index in [2.05, 4.69) is 30.6 Å². The summed E-state index contributed by atoms with van der Waals surface area (Å²) >= 11 is 0. The molecule has 0 unspecified atom stereocenters. The number of ether oxygens (including phenoxy) is 2. The molecule has 3 saturated carbocycles. The van der Waals surface area contributed by atoms with Crippen LogP contribution >= 0.6 is 0 Å². The molecule has 0 aromatic heterocycles. The van der Waals surface area contributed by atoms with Crippen molar-refractivity contribution in [3.05, 3.63) is 23.3 Å². The summed E-state index contributed by atoms with van der Waals surface area (Å²) in [5.41, 5.74) is -0.277. The molecule has 218 valence electrons. The molecule has 9 nitrogen and oxygen atoms in total. The van der Waals surface area contributed by atoms with Gasteiger partial charge < -0.3 is 25.2 Å². The van der Waals surface area contributed by atoms with E-state index < -0.39 is 11.4 Å². The molecule has 4 rings (SSSR count). The van der Waals surface area contributed by atoms with Crippen LogP contribution in [0.2, 0.25) is 0 Å². The summed E-state index contributed by atoms with van der Waals surface area (Å²) in [6.07, 6.45) is 6.73. The Morgan fingerprint density at radius 1 is 1.10 bits per heavy atom. The fourth-order valence-corrected chi connectivity index (χ4v) is 6.88. The zero-order chi connectivity index (χ0) is 29.0. The first-order chi connectivity index (χ1) is 19.1. The van der Waals surface area contributed by atoms with Crippen LogP contribution in [-0.4, -0.2) is 48.7 Å². The minimum absolute atomic E-state index is 0.0193. The summed E-state index contributed by atoms with van der Waals surface area (Å²) < 4.78 is 11.7. The van der Waals surface area contributed by atoms with Crippen molar-refractivity contribution < 1.29 is 29.0 Å². The van der Waals surface area contributed by atoms with Crippen LogP contribution in [0.25, 0.3) is 0 Å². The van der Waals surface area contributed by atoms with Crippen LogP contribution in [0.4, 0.5) is 0 Å². The van der Waals surface area contributed by atoms with Crippen LogP contribution in [0.15, 0.2) is 12.1 Å². The number of nitrogens with zero attached hydrogens (tertiary/aromatic N) is 1. The maximum absolute atomic E-state index is 13.7. The van der Waals surface area contributed by atoms with E-state index in [1.54, 1.807) is 13.0 Å². The number of nitriles is 1. The van der Waals surface area contributed by atoms with Gasteiger partial charge in [0.25, 0.3) is 5.91 Å². The fraction of sp³-hybridized carbons (Fsp3) is 0.677. The van der Waals surface area contributed by atoms with Crippen molar-refractivity contribution in [1.82, 2.24) is 10.6 Å². The minimum atomic E-state index is -0.810. The molecule has 0 radical (unpaired) electrons. The average molecular weight is 554 g/mol. The van der Waals surface area contributed by atoms with Gasteiger partial charge in [0.2, 0.25) is 5.91 Å². The second-order valence-electron chi connectivity index (χ2n) is 12.1. The number of amides is 2. The Kier molecular flexibility index (Phi) is 9.27. The molecule has 2 amide bonds. The van der Waals surface area contributed by atoms with Crippen molar-refractivity contribution in [2.24, 2.45) is 29.1 Å². The number of hydrogen-bond donors (Lipinski definition) is 3. The topological polar surface area (TPSA) is 138 Å². The molecule has 0 spiro atoms. The first kappa shape index (κ1) is 29.7. The van der Waals surface area contributed by atoms with E-state index in [1.165, 1.54) is 13.2 Å².